The molecule has 19 heavy (non-hydrogen) atoms. The first-order chi connectivity index (χ1) is 9.04. The Balaban J connectivity index is 2.50. The SMILES string of the molecule is CCC(Br)c1nnc(-c2cccc(C)c2[N+](=O)[O-])s1. The minimum absolute atomic E-state index is 0.104. The Labute approximate surface area is 123 Å². The molecule has 0 spiro atoms. The molecule has 1 heterocycles. The smallest absolute Gasteiger partial charge is 0.258 e. The fourth-order valence-electron chi connectivity index (χ4n) is 1.72. The van der Waals surface area contributed by atoms with Gasteiger partial charge in [0.2, 0.25) is 0 Å². The van der Waals surface area contributed by atoms with Crippen LogP contribution in [0.5, 0.6) is 0 Å². The van der Waals surface area contributed by atoms with Crippen molar-refractivity contribution in [2.24, 2.45) is 0 Å². The van der Waals surface area contributed by atoms with Crippen molar-refractivity contribution in [3.05, 3.63) is 38.9 Å². The molecule has 0 radical (unpaired) electrons. The van der Waals surface area contributed by atoms with Crippen molar-refractivity contribution in [1.29, 1.82) is 0 Å². The lowest BCUT2D eigenvalue weighted by Crippen LogP contribution is -1.94. The Morgan fingerprint density at radius 1 is 1.47 bits per heavy atom. The fraction of sp³-hybridized carbons (Fsp3) is 0.333. The van der Waals surface area contributed by atoms with E-state index >= 15 is 0 Å². The van der Waals surface area contributed by atoms with Gasteiger partial charge in [0.05, 0.1) is 15.3 Å². The van der Waals surface area contributed by atoms with E-state index in [2.05, 4.69) is 26.1 Å². The summed E-state index contributed by atoms with van der Waals surface area (Å²) in [5, 5.41) is 20.8. The fourth-order valence-corrected chi connectivity index (χ4v) is 3.02. The summed E-state index contributed by atoms with van der Waals surface area (Å²) in [5.41, 5.74) is 1.27. The minimum Gasteiger partial charge on any atom is -0.258 e. The normalized spacial score (nSPS) is 12.4. The van der Waals surface area contributed by atoms with Gasteiger partial charge >= 0.3 is 0 Å². The van der Waals surface area contributed by atoms with E-state index in [0.717, 1.165) is 11.4 Å². The van der Waals surface area contributed by atoms with Crippen molar-refractivity contribution >= 4 is 33.0 Å². The largest absolute Gasteiger partial charge is 0.282 e. The maximum atomic E-state index is 11.2. The molecule has 1 atom stereocenters. The van der Waals surface area contributed by atoms with Gasteiger partial charge in [0.15, 0.2) is 5.01 Å². The van der Waals surface area contributed by atoms with Crippen LogP contribution in [0.15, 0.2) is 18.2 Å². The van der Waals surface area contributed by atoms with Crippen LogP contribution in [0.25, 0.3) is 10.6 Å². The van der Waals surface area contributed by atoms with E-state index in [0.29, 0.717) is 16.1 Å². The average Bonchev–Trinajstić information content (AvgIpc) is 2.86. The van der Waals surface area contributed by atoms with Crippen molar-refractivity contribution in [3.8, 4) is 10.6 Å². The predicted octanol–water partition coefficient (Wildman–Crippen LogP) is 4.27. The molecule has 0 fully saturated rings. The highest BCUT2D eigenvalue weighted by molar-refractivity contribution is 9.09. The first kappa shape index (κ1) is 14.1. The van der Waals surface area contributed by atoms with Crippen LogP contribution in [0, 0.1) is 17.0 Å². The highest BCUT2D eigenvalue weighted by Gasteiger charge is 2.22. The molecule has 0 N–H and O–H groups in total. The maximum absolute atomic E-state index is 11.2. The van der Waals surface area contributed by atoms with Gasteiger partial charge < -0.3 is 0 Å². The van der Waals surface area contributed by atoms with Crippen LogP contribution in [-0.4, -0.2) is 15.1 Å². The first-order valence-electron chi connectivity index (χ1n) is 5.76. The highest BCUT2D eigenvalue weighted by Crippen LogP contribution is 2.37. The number of alkyl halides is 1. The molecule has 1 aromatic heterocycles. The van der Waals surface area contributed by atoms with Crippen molar-refractivity contribution < 1.29 is 4.92 Å². The number of aryl methyl sites for hydroxylation is 1. The summed E-state index contributed by atoms with van der Waals surface area (Å²) in [5.74, 6) is 0. The van der Waals surface area contributed by atoms with Crippen LogP contribution >= 0.6 is 27.3 Å². The maximum Gasteiger partial charge on any atom is 0.282 e. The van der Waals surface area contributed by atoms with Gasteiger partial charge in [0.25, 0.3) is 5.69 Å². The number of nitrogens with zero attached hydrogens (tertiary/aromatic N) is 3. The van der Waals surface area contributed by atoms with Crippen LogP contribution < -0.4 is 0 Å². The molecular weight excluding hydrogens is 330 g/mol. The number of hydrogen-bond acceptors (Lipinski definition) is 5. The second-order valence-corrected chi connectivity index (χ2v) is 6.16. The molecular formula is C12H12BrN3O2S. The average molecular weight is 342 g/mol. The lowest BCUT2D eigenvalue weighted by Gasteiger charge is -2.01. The molecule has 1 aromatic carbocycles. The summed E-state index contributed by atoms with van der Waals surface area (Å²) in [4.78, 5) is 10.9. The highest BCUT2D eigenvalue weighted by atomic mass is 79.9. The zero-order valence-corrected chi connectivity index (χ0v) is 12.9. The molecule has 0 saturated heterocycles. The molecule has 100 valence electrons. The summed E-state index contributed by atoms with van der Waals surface area (Å²) >= 11 is 4.89. The number of nitro benzene ring substituents is 1. The first-order valence-corrected chi connectivity index (χ1v) is 7.49. The zero-order valence-electron chi connectivity index (χ0n) is 10.5. The van der Waals surface area contributed by atoms with Crippen molar-refractivity contribution in [2.45, 2.75) is 25.1 Å². The molecule has 7 heteroatoms. The Morgan fingerprint density at radius 2 is 2.21 bits per heavy atom. The number of halogens is 1. The molecule has 5 nitrogen and oxygen atoms in total. The topological polar surface area (TPSA) is 68.9 Å². The quantitative estimate of drug-likeness (QED) is 0.473. The third-order valence-corrected chi connectivity index (χ3v) is 5.17. The van der Waals surface area contributed by atoms with Gasteiger partial charge in [0, 0.05) is 5.56 Å². The zero-order chi connectivity index (χ0) is 14.0. The number of hydrogen-bond donors (Lipinski definition) is 0. The van der Waals surface area contributed by atoms with Crippen LogP contribution in [0.2, 0.25) is 0 Å². The molecule has 2 aromatic rings. The number of benzene rings is 1. The van der Waals surface area contributed by atoms with Gasteiger partial charge in [-0.25, -0.2) is 0 Å². The van der Waals surface area contributed by atoms with E-state index in [4.69, 9.17) is 0 Å². The van der Waals surface area contributed by atoms with E-state index in [1.54, 1.807) is 25.1 Å². The summed E-state index contributed by atoms with van der Waals surface area (Å²) in [7, 11) is 0. The molecule has 0 bridgehead atoms. The van der Waals surface area contributed by atoms with Crippen molar-refractivity contribution in [2.75, 3.05) is 0 Å². The van der Waals surface area contributed by atoms with Gasteiger partial charge in [-0.1, -0.05) is 46.3 Å². The molecule has 0 aliphatic carbocycles. The Morgan fingerprint density at radius 3 is 2.84 bits per heavy atom. The molecule has 0 aliphatic rings. The lowest BCUT2D eigenvalue weighted by molar-refractivity contribution is -0.384. The van der Waals surface area contributed by atoms with Crippen molar-refractivity contribution in [3.63, 3.8) is 0 Å². The molecule has 0 saturated carbocycles. The van der Waals surface area contributed by atoms with Gasteiger partial charge in [0.1, 0.15) is 5.01 Å². The van der Waals surface area contributed by atoms with Gasteiger partial charge in [-0.15, -0.1) is 10.2 Å². The van der Waals surface area contributed by atoms with Gasteiger partial charge in [-0.05, 0) is 19.4 Å². The van der Waals surface area contributed by atoms with Gasteiger partial charge in [-0.2, -0.15) is 0 Å². The Hall–Kier alpha value is -1.34. The van der Waals surface area contributed by atoms with Crippen molar-refractivity contribution in [1.82, 2.24) is 10.2 Å². The molecule has 0 aliphatic heterocycles. The molecule has 0 amide bonds. The lowest BCUT2D eigenvalue weighted by atomic mass is 10.1. The summed E-state index contributed by atoms with van der Waals surface area (Å²) in [6.07, 6.45) is 0.893. The van der Waals surface area contributed by atoms with E-state index in [-0.39, 0.29) is 15.4 Å². The summed E-state index contributed by atoms with van der Waals surface area (Å²) in [6.45, 7) is 3.76. The third kappa shape index (κ3) is 2.82. The predicted molar refractivity (Wildman–Crippen MR) is 78.7 cm³/mol. The third-order valence-electron chi connectivity index (χ3n) is 2.72. The second-order valence-electron chi connectivity index (χ2n) is 4.05. The van der Waals surface area contributed by atoms with Crippen LogP contribution in [0.1, 0.15) is 28.7 Å². The Bertz CT molecular complexity index is 615. The number of nitro groups is 1. The van der Waals surface area contributed by atoms with E-state index < -0.39 is 0 Å². The van der Waals surface area contributed by atoms with Crippen LogP contribution in [0.3, 0.4) is 0 Å². The van der Waals surface area contributed by atoms with Gasteiger partial charge in [-0.3, -0.25) is 10.1 Å². The summed E-state index contributed by atoms with van der Waals surface area (Å²) in [6, 6.07) is 5.23. The summed E-state index contributed by atoms with van der Waals surface area (Å²) < 4.78 is 0. The van der Waals surface area contributed by atoms with E-state index in [1.807, 2.05) is 6.92 Å². The number of para-hydroxylation sites is 1. The second kappa shape index (κ2) is 5.75. The Kier molecular flexibility index (Phi) is 4.26. The standard InChI is InChI=1S/C12H12BrN3O2S/c1-3-9(13)12-15-14-11(19-12)8-6-4-5-7(2)10(8)16(17)18/h4-6,9H,3H2,1-2H3. The van der Waals surface area contributed by atoms with Crippen LogP contribution in [0.4, 0.5) is 5.69 Å². The van der Waals surface area contributed by atoms with E-state index in [1.165, 1.54) is 11.3 Å². The monoisotopic (exact) mass is 341 g/mol. The van der Waals surface area contributed by atoms with Crippen LogP contribution in [-0.2, 0) is 0 Å². The minimum atomic E-state index is -0.364. The number of rotatable bonds is 4. The number of aromatic nitrogens is 2. The molecule has 2 rings (SSSR count). The van der Waals surface area contributed by atoms with E-state index in [9.17, 15) is 10.1 Å². The molecule has 1 unspecified atom stereocenters.